The van der Waals surface area contributed by atoms with E-state index in [2.05, 4.69) is 42.4 Å². The minimum atomic E-state index is 0.410. The SMILES string of the molecule is Cc1cc(C)cc(Cn2cc(CCl)nn2)c1. The molecule has 0 fully saturated rings. The number of aromatic nitrogens is 3. The molecule has 84 valence electrons. The molecule has 0 radical (unpaired) electrons. The van der Waals surface area contributed by atoms with Gasteiger partial charge in [-0.3, -0.25) is 0 Å². The van der Waals surface area contributed by atoms with Crippen LogP contribution in [0.3, 0.4) is 0 Å². The van der Waals surface area contributed by atoms with Gasteiger partial charge < -0.3 is 0 Å². The zero-order valence-corrected chi connectivity index (χ0v) is 10.2. The predicted molar refractivity (Wildman–Crippen MR) is 64.6 cm³/mol. The zero-order chi connectivity index (χ0) is 11.5. The lowest BCUT2D eigenvalue weighted by Gasteiger charge is -2.04. The molecular formula is C12H14ClN3. The van der Waals surface area contributed by atoms with E-state index < -0.39 is 0 Å². The van der Waals surface area contributed by atoms with Gasteiger partial charge in [0.25, 0.3) is 0 Å². The minimum absolute atomic E-state index is 0.410. The fraction of sp³-hybridized carbons (Fsp3) is 0.333. The quantitative estimate of drug-likeness (QED) is 0.766. The van der Waals surface area contributed by atoms with Crippen molar-refractivity contribution in [2.45, 2.75) is 26.3 Å². The van der Waals surface area contributed by atoms with Gasteiger partial charge in [0.15, 0.2) is 0 Å². The lowest BCUT2D eigenvalue weighted by molar-refractivity contribution is 0.649. The van der Waals surface area contributed by atoms with Gasteiger partial charge in [-0.25, -0.2) is 4.68 Å². The summed E-state index contributed by atoms with van der Waals surface area (Å²) in [5.74, 6) is 0.410. The topological polar surface area (TPSA) is 30.7 Å². The summed E-state index contributed by atoms with van der Waals surface area (Å²) in [7, 11) is 0. The molecule has 0 unspecified atom stereocenters. The van der Waals surface area contributed by atoms with E-state index in [4.69, 9.17) is 11.6 Å². The summed E-state index contributed by atoms with van der Waals surface area (Å²) >= 11 is 5.68. The average Bonchev–Trinajstić information content (AvgIpc) is 2.64. The van der Waals surface area contributed by atoms with Gasteiger partial charge in [0.2, 0.25) is 0 Å². The smallest absolute Gasteiger partial charge is 0.0974 e. The summed E-state index contributed by atoms with van der Waals surface area (Å²) in [6, 6.07) is 6.49. The molecule has 1 heterocycles. The highest BCUT2D eigenvalue weighted by Crippen LogP contribution is 2.10. The standard InChI is InChI=1S/C12H14ClN3/c1-9-3-10(2)5-11(4-9)7-16-8-12(6-13)14-15-16/h3-5,8H,6-7H2,1-2H3. The van der Waals surface area contributed by atoms with Gasteiger partial charge in [0.05, 0.1) is 24.3 Å². The summed E-state index contributed by atoms with van der Waals surface area (Å²) < 4.78 is 1.81. The number of hydrogen-bond acceptors (Lipinski definition) is 2. The van der Waals surface area contributed by atoms with Crippen LogP contribution in [0.1, 0.15) is 22.4 Å². The van der Waals surface area contributed by atoms with Crippen molar-refractivity contribution in [3.8, 4) is 0 Å². The molecule has 3 nitrogen and oxygen atoms in total. The van der Waals surface area contributed by atoms with Gasteiger partial charge in [-0.2, -0.15) is 0 Å². The van der Waals surface area contributed by atoms with Crippen LogP contribution >= 0.6 is 11.6 Å². The van der Waals surface area contributed by atoms with Crippen molar-refractivity contribution in [3.63, 3.8) is 0 Å². The molecule has 0 N–H and O–H groups in total. The first-order chi connectivity index (χ1) is 7.67. The van der Waals surface area contributed by atoms with Crippen LogP contribution in [0, 0.1) is 13.8 Å². The normalized spacial score (nSPS) is 10.7. The van der Waals surface area contributed by atoms with Gasteiger partial charge in [-0.15, -0.1) is 16.7 Å². The van der Waals surface area contributed by atoms with Crippen molar-refractivity contribution in [1.29, 1.82) is 0 Å². The van der Waals surface area contributed by atoms with Crippen LogP contribution in [0.25, 0.3) is 0 Å². The van der Waals surface area contributed by atoms with E-state index in [9.17, 15) is 0 Å². The first-order valence-corrected chi connectivity index (χ1v) is 5.73. The molecule has 4 heteroatoms. The number of rotatable bonds is 3. The molecule has 0 atom stereocenters. The van der Waals surface area contributed by atoms with E-state index in [-0.39, 0.29) is 0 Å². The molecule has 16 heavy (non-hydrogen) atoms. The Morgan fingerprint density at radius 1 is 1.19 bits per heavy atom. The summed E-state index contributed by atoms with van der Waals surface area (Å²) in [5.41, 5.74) is 4.59. The van der Waals surface area contributed by atoms with E-state index in [1.807, 2.05) is 10.9 Å². The van der Waals surface area contributed by atoms with Crippen LogP contribution in [0.15, 0.2) is 24.4 Å². The van der Waals surface area contributed by atoms with Crippen LogP contribution in [0.2, 0.25) is 0 Å². The fourth-order valence-electron chi connectivity index (χ4n) is 1.82. The summed E-state index contributed by atoms with van der Waals surface area (Å²) in [4.78, 5) is 0. The Morgan fingerprint density at radius 2 is 1.88 bits per heavy atom. The van der Waals surface area contributed by atoms with E-state index in [1.54, 1.807) is 0 Å². The van der Waals surface area contributed by atoms with E-state index >= 15 is 0 Å². The number of aryl methyl sites for hydroxylation is 2. The molecular weight excluding hydrogens is 222 g/mol. The number of halogens is 1. The van der Waals surface area contributed by atoms with Crippen LogP contribution < -0.4 is 0 Å². The van der Waals surface area contributed by atoms with Gasteiger partial charge in [0, 0.05) is 0 Å². The lowest BCUT2D eigenvalue weighted by atomic mass is 10.1. The van der Waals surface area contributed by atoms with Crippen LogP contribution in [-0.4, -0.2) is 15.0 Å². The summed E-state index contributed by atoms with van der Waals surface area (Å²) in [6.45, 7) is 4.94. The maximum Gasteiger partial charge on any atom is 0.0974 e. The third-order valence-electron chi connectivity index (χ3n) is 2.35. The third-order valence-corrected chi connectivity index (χ3v) is 2.62. The second-order valence-corrected chi connectivity index (χ2v) is 4.30. The second-order valence-electron chi connectivity index (χ2n) is 4.04. The molecule has 0 aliphatic carbocycles. The highest BCUT2D eigenvalue weighted by Gasteiger charge is 2.01. The number of hydrogen-bond donors (Lipinski definition) is 0. The van der Waals surface area contributed by atoms with E-state index in [1.165, 1.54) is 16.7 Å². The molecule has 0 aliphatic rings. The predicted octanol–water partition coefficient (Wildman–Crippen LogP) is 2.68. The Morgan fingerprint density at radius 3 is 2.44 bits per heavy atom. The van der Waals surface area contributed by atoms with Gasteiger partial charge in [-0.1, -0.05) is 34.5 Å². The first kappa shape index (κ1) is 11.1. The van der Waals surface area contributed by atoms with E-state index in [0.29, 0.717) is 5.88 Å². The summed E-state index contributed by atoms with van der Waals surface area (Å²) in [5, 5.41) is 7.98. The third kappa shape index (κ3) is 2.61. The Balaban J connectivity index is 2.19. The molecule has 1 aromatic heterocycles. The van der Waals surface area contributed by atoms with Crippen molar-refractivity contribution in [2.24, 2.45) is 0 Å². The number of nitrogens with zero attached hydrogens (tertiary/aromatic N) is 3. The Bertz CT molecular complexity index is 471. The van der Waals surface area contributed by atoms with Gasteiger partial charge in [0.1, 0.15) is 0 Å². The molecule has 0 saturated carbocycles. The van der Waals surface area contributed by atoms with Crippen molar-refractivity contribution in [1.82, 2.24) is 15.0 Å². The highest BCUT2D eigenvalue weighted by atomic mass is 35.5. The Hall–Kier alpha value is -1.35. The molecule has 0 spiro atoms. The average molecular weight is 236 g/mol. The molecule has 1 aromatic carbocycles. The molecule has 0 bridgehead atoms. The molecule has 0 aliphatic heterocycles. The van der Waals surface area contributed by atoms with E-state index in [0.717, 1.165) is 12.2 Å². The van der Waals surface area contributed by atoms with Crippen molar-refractivity contribution in [2.75, 3.05) is 0 Å². The van der Waals surface area contributed by atoms with Crippen LogP contribution in [0.4, 0.5) is 0 Å². The number of benzene rings is 1. The molecule has 0 saturated heterocycles. The minimum Gasteiger partial charge on any atom is -0.248 e. The first-order valence-electron chi connectivity index (χ1n) is 5.19. The summed E-state index contributed by atoms with van der Waals surface area (Å²) in [6.07, 6.45) is 1.88. The van der Waals surface area contributed by atoms with Gasteiger partial charge in [-0.05, 0) is 19.4 Å². The molecule has 0 amide bonds. The molecule has 2 aromatic rings. The van der Waals surface area contributed by atoms with Crippen molar-refractivity contribution < 1.29 is 0 Å². The fourth-order valence-corrected chi connectivity index (χ4v) is 1.95. The van der Waals surface area contributed by atoms with Gasteiger partial charge >= 0.3 is 0 Å². The number of alkyl halides is 1. The monoisotopic (exact) mass is 235 g/mol. The van der Waals surface area contributed by atoms with Crippen molar-refractivity contribution >= 4 is 11.6 Å². The zero-order valence-electron chi connectivity index (χ0n) is 9.44. The Kier molecular flexibility index (Phi) is 3.25. The second kappa shape index (κ2) is 4.66. The maximum atomic E-state index is 5.68. The maximum absolute atomic E-state index is 5.68. The van der Waals surface area contributed by atoms with Crippen LogP contribution in [0.5, 0.6) is 0 Å². The highest BCUT2D eigenvalue weighted by molar-refractivity contribution is 6.16. The largest absolute Gasteiger partial charge is 0.248 e. The van der Waals surface area contributed by atoms with Crippen LogP contribution in [-0.2, 0) is 12.4 Å². The lowest BCUT2D eigenvalue weighted by Crippen LogP contribution is -2.01. The Labute approximate surface area is 100 Å². The van der Waals surface area contributed by atoms with Crippen molar-refractivity contribution in [3.05, 3.63) is 46.8 Å². The molecule has 2 rings (SSSR count).